The van der Waals surface area contributed by atoms with E-state index >= 15 is 0 Å². The predicted molar refractivity (Wildman–Crippen MR) is 91.1 cm³/mol. The summed E-state index contributed by atoms with van der Waals surface area (Å²) in [5, 5.41) is 17.0. The number of anilines is 1. The quantitative estimate of drug-likeness (QED) is 0.881. The van der Waals surface area contributed by atoms with Crippen LogP contribution in [0.4, 0.5) is 5.00 Å². The number of fused-ring (bicyclic) bond motifs is 1. The second kappa shape index (κ2) is 6.39. The lowest BCUT2D eigenvalue weighted by atomic mass is 9.89. The molecule has 2 heterocycles. The van der Waals surface area contributed by atoms with Gasteiger partial charge >= 0.3 is 0 Å². The van der Waals surface area contributed by atoms with E-state index in [0.717, 1.165) is 30.4 Å². The smallest absolute Gasteiger partial charge is 0.249 e. The number of hydrogen-bond donors (Lipinski definition) is 1. The van der Waals surface area contributed by atoms with Gasteiger partial charge in [-0.25, -0.2) is 0 Å². The first-order chi connectivity index (χ1) is 11.1. The summed E-state index contributed by atoms with van der Waals surface area (Å²) in [7, 11) is 1.83. The minimum atomic E-state index is -0.225. The van der Waals surface area contributed by atoms with E-state index in [1.54, 1.807) is 17.0 Å². The maximum absolute atomic E-state index is 12.1. The Balaban J connectivity index is 1.76. The van der Waals surface area contributed by atoms with E-state index in [1.807, 2.05) is 13.2 Å². The number of carbonyl (C=O) groups is 1. The number of nitrogens with zero attached hydrogens (tertiary/aromatic N) is 3. The molecular formula is C17H18N4OS. The lowest BCUT2D eigenvalue weighted by molar-refractivity contribution is -0.111. The molecule has 3 rings (SSSR count). The van der Waals surface area contributed by atoms with E-state index in [2.05, 4.69) is 23.4 Å². The third kappa shape index (κ3) is 3.35. The van der Waals surface area contributed by atoms with Crippen molar-refractivity contribution >= 4 is 28.3 Å². The van der Waals surface area contributed by atoms with Crippen LogP contribution in [-0.4, -0.2) is 15.7 Å². The van der Waals surface area contributed by atoms with E-state index in [-0.39, 0.29) is 5.91 Å². The van der Waals surface area contributed by atoms with E-state index in [9.17, 15) is 10.1 Å². The number of amides is 1. The maximum atomic E-state index is 12.1. The van der Waals surface area contributed by atoms with Gasteiger partial charge in [0.15, 0.2) is 0 Å². The normalized spacial score (nSPS) is 17.0. The lowest BCUT2D eigenvalue weighted by Crippen LogP contribution is -2.10. The van der Waals surface area contributed by atoms with E-state index in [4.69, 9.17) is 0 Å². The number of thiophene rings is 1. The van der Waals surface area contributed by atoms with Crippen LogP contribution in [0.2, 0.25) is 0 Å². The van der Waals surface area contributed by atoms with Gasteiger partial charge in [-0.3, -0.25) is 9.48 Å². The SMILES string of the molecule is C[C@@H]1CCc2c(sc(NC(=O)/C=C\c3cnn(C)c3)c2C#N)C1. The average Bonchev–Trinajstić information content (AvgIpc) is 3.07. The Morgan fingerprint density at radius 1 is 1.61 bits per heavy atom. The zero-order chi connectivity index (χ0) is 16.4. The molecule has 23 heavy (non-hydrogen) atoms. The zero-order valence-electron chi connectivity index (χ0n) is 13.2. The summed E-state index contributed by atoms with van der Waals surface area (Å²) < 4.78 is 1.68. The van der Waals surface area contributed by atoms with E-state index < -0.39 is 0 Å². The van der Waals surface area contributed by atoms with E-state index in [1.165, 1.54) is 22.3 Å². The van der Waals surface area contributed by atoms with Crippen molar-refractivity contribution in [2.45, 2.75) is 26.2 Å². The van der Waals surface area contributed by atoms with Crippen molar-refractivity contribution in [1.82, 2.24) is 9.78 Å². The van der Waals surface area contributed by atoms with Crippen LogP contribution < -0.4 is 5.32 Å². The van der Waals surface area contributed by atoms with Crippen molar-refractivity contribution in [3.63, 3.8) is 0 Å². The third-order valence-corrected chi connectivity index (χ3v) is 5.18. The second-order valence-electron chi connectivity index (χ2n) is 5.94. The first-order valence-electron chi connectivity index (χ1n) is 7.59. The van der Waals surface area contributed by atoms with Gasteiger partial charge in [0.2, 0.25) is 5.91 Å². The van der Waals surface area contributed by atoms with Crippen molar-refractivity contribution < 1.29 is 4.79 Å². The van der Waals surface area contributed by atoms with Gasteiger partial charge in [-0.15, -0.1) is 11.3 Å². The summed E-state index contributed by atoms with van der Waals surface area (Å²) in [6, 6.07) is 2.26. The molecule has 2 aromatic rings. The molecule has 1 N–H and O–H groups in total. The highest BCUT2D eigenvalue weighted by Crippen LogP contribution is 2.39. The summed E-state index contributed by atoms with van der Waals surface area (Å²) in [6.07, 6.45) is 9.73. The number of aryl methyl sites for hydroxylation is 1. The molecule has 0 bridgehead atoms. The van der Waals surface area contributed by atoms with Crippen LogP contribution in [-0.2, 0) is 24.7 Å². The fraction of sp³-hybridized carbons (Fsp3) is 0.353. The molecular weight excluding hydrogens is 308 g/mol. The van der Waals surface area contributed by atoms with Crippen LogP contribution in [0, 0.1) is 17.2 Å². The number of nitriles is 1. The number of aromatic nitrogens is 2. The van der Waals surface area contributed by atoms with Gasteiger partial charge in [0.25, 0.3) is 0 Å². The lowest BCUT2D eigenvalue weighted by Gasteiger charge is -2.17. The fourth-order valence-corrected chi connectivity index (χ4v) is 4.17. The largest absolute Gasteiger partial charge is 0.313 e. The molecule has 0 radical (unpaired) electrons. The Labute approximate surface area is 139 Å². The molecule has 0 spiro atoms. The first kappa shape index (κ1) is 15.5. The van der Waals surface area contributed by atoms with Crippen molar-refractivity contribution in [2.75, 3.05) is 5.32 Å². The average molecular weight is 326 g/mol. The monoisotopic (exact) mass is 326 g/mol. The number of carbonyl (C=O) groups excluding carboxylic acids is 1. The third-order valence-electron chi connectivity index (χ3n) is 4.01. The Morgan fingerprint density at radius 2 is 2.43 bits per heavy atom. The van der Waals surface area contributed by atoms with Crippen LogP contribution in [0.15, 0.2) is 18.5 Å². The molecule has 2 aromatic heterocycles. The van der Waals surface area contributed by atoms with Gasteiger partial charge in [-0.1, -0.05) is 6.92 Å². The topological polar surface area (TPSA) is 70.7 Å². The molecule has 6 heteroatoms. The summed E-state index contributed by atoms with van der Waals surface area (Å²) in [4.78, 5) is 13.4. The molecule has 118 valence electrons. The van der Waals surface area contributed by atoms with Gasteiger partial charge in [-0.2, -0.15) is 10.4 Å². The number of rotatable bonds is 3. The summed E-state index contributed by atoms with van der Waals surface area (Å²) in [6.45, 7) is 2.23. The first-order valence-corrected chi connectivity index (χ1v) is 8.41. The zero-order valence-corrected chi connectivity index (χ0v) is 14.0. The molecule has 1 atom stereocenters. The minimum Gasteiger partial charge on any atom is -0.313 e. The molecule has 1 amide bonds. The van der Waals surface area contributed by atoms with Crippen LogP contribution in [0.1, 0.15) is 34.9 Å². The molecule has 0 saturated heterocycles. The highest BCUT2D eigenvalue weighted by molar-refractivity contribution is 7.16. The fourth-order valence-electron chi connectivity index (χ4n) is 2.81. The van der Waals surface area contributed by atoms with Crippen LogP contribution in [0.25, 0.3) is 6.08 Å². The van der Waals surface area contributed by atoms with Gasteiger partial charge in [0.1, 0.15) is 11.1 Å². The minimum absolute atomic E-state index is 0.225. The molecule has 1 aliphatic carbocycles. The standard InChI is InChI=1S/C17H18N4OS/c1-11-3-5-13-14(8-18)17(23-15(13)7-11)20-16(22)6-4-12-9-19-21(2)10-12/h4,6,9-11H,3,5,7H2,1-2H3,(H,20,22)/b6-4-/t11-/m1/s1. The Hall–Kier alpha value is -2.39. The molecule has 1 aliphatic rings. The van der Waals surface area contributed by atoms with Crippen molar-refractivity contribution in [3.8, 4) is 6.07 Å². The van der Waals surface area contributed by atoms with Gasteiger partial charge in [-0.05, 0) is 36.8 Å². The van der Waals surface area contributed by atoms with Crippen molar-refractivity contribution in [1.29, 1.82) is 5.26 Å². The molecule has 0 aromatic carbocycles. The number of hydrogen-bond acceptors (Lipinski definition) is 4. The van der Waals surface area contributed by atoms with Gasteiger partial charge in [0, 0.05) is 29.8 Å². The second-order valence-corrected chi connectivity index (χ2v) is 7.04. The van der Waals surface area contributed by atoms with Crippen LogP contribution in [0.3, 0.4) is 0 Å². The molecule has 5 nitrogen and oxygen atoms in total. The van der Waals surface area contributed by atoms with Crippen LogP contribution in [0.5, 0.6) is 0 Å². The highest BCUT2D eigenvalue weighted by atomic mass is 32.1. The highest BCUT2D eigenvalue weighted by Gasteiger charge is 2.24. The molecule has 0 fully saturated rings. The van der Waals surface area contributed by atoms with Crippen molar-refractivity contribution in [3.05, 3.63) is 40.0 Å². The molecule has 0 unspecified atom stereocenters. The Bertz CT molecular complexity index is 809. The summed E-state index contributed by atoms with van der Waals surface area (Å²) >= 11 is 1.54. The number of nitrogens with one attached hydrogen (secondary N) is 1. The Kier molecular flexibility index (Phi) is 4.30. The van der Waals surface area contributed by atoms with Crippen LogP contribution >= 0.6 is 11.3 Å². The van der Waals surface area contributed by atoms with E-state index in [0.29, 0.717) is 16.5 Å². The summed E-state index contributed by atoms with van der Waals surface area (Å²) in [5.74, 6) is 0.415. The predicted octanol–water partition coefficient (Wildman–Crippen LogP) is 3.13. The van der Waals surface area contributed by atoms with Gasteiger partial charge < -0.3 is 5.32 Å². The van der Waals surface area contributed by atoms with Gasteiger partial charge in [0.05, 0.1) is 11.8 Å². The summed E-state index contributed by atoms with van der Waals surface area (Å²) in [5.41, 5.74) is 2.63. The molecule has 0 aliphatic heterocycles. The molecule has 0 saturated carbocycles. The van der Waals surface area contributed by atoms with Crippen molar-refractivity contribution in [2.24, 2.45) is 13.0 Å². The maximum Gasteiger partial charge on any atom is 0.249 e. The Morgan fingerprint density at radius 3 is 3.13 bits per heavy atom.